The number of hydrogen-bond donors (Lipinski definition) is 4. The third kappa shape index (κ3) is 5.97. The summed E-state index contributed by atoms with van der Waals surface area (Å²) in [6.45, 7) is 4.64. The summed E-state index contributed by atoms with van der Waals surface area (Å²) in [7, 11) is 0. The van der Waals surface area contributed by atoms with E-state index in [4.69, 9.17) is 28.6 Å². The number of hydrogen-bond acceptors (Lipinski definition) is 5. The SMILES string of the molecule is CCCC(CCC)Nc1c(C=N)nc(NCc2ccc(Cl)c(Cl)c2)[nH]c1=O. The van der Waals surface area contributed by atoms with Crippen LogP contribution in [-0.4, -0.2) is 22.2 Å². The minimum atomic E-state index is -0.294. The van der Waals surface area contributed by atoms with Crippen LogP contribution in [-0.2, 0) is 6.54 Å². The maximum absolute atomic E-state index is 12.5. The Morgan fingerprint density at radius 3 is 2.52 bits per heavy atom. The summed E-state index contributed by atoms with van der Waals surface area (Å²) >= 11 is 11.9. The number of aromatic nitrogens is 2. The van der Waals surface area contributed by atoms with Gasteiger partial charge in [-0.1, -0.05) is 56.0 Å². The van der Waals surface area contributed by atoms with Gasteiger partial charge in [-0.15, -0.1) is 0 Å². The van der Waals surface area contributed by atoms with E-state index in [1.165, 1.54) is 0 Å². The summed E-state index contributed by atoms with van der Waals surface area (Å²) in [5.74, 6) is 0.303. The lowest BCUT2D eigenvalue weighted by Gasteiger charge is -2.19. The van der Waals surface area contributed by atoms with Crippen LogP contribution in [0.3, 0.4) is 0 Å². The highest BCUT2D eigenvalue weighted by Crippen LogP contribution is 2.23. The summed E-state index contributed by atoms with van der Waals surface area (Å²) in [6, 6.07) is 5.50. The van der Waals surface area contributed by atoms with Crippen LogP contribution in [0.25, 0.3) is 0 Å². The first-order valence-corrected chi connectivity index (χ1v) is 9.83. The van der Waals surface area contributed by atoms with Crippen LogP contribution in [0.1, 0.15) is 50.8 Å². The number of nitrogens with one attached hydrogen (secondary N) is 4. The van der Waals surface area contributed by atoms with Crippen LogP contribution in [0.15, 0.2) is 23.0 Å². The first kappa shape index (κ1) is 21.3. The lowest BCUT2D eigenvalue weighted by molar-refractivity contribution is 0.585. The molecule has 2 aromatic rings. The molecule has 0 aliphatic heterocycles. The molecule has 0 aliphatic carbocycles. The van der Waals surface area contributed by atoms with Crippen molar-refractivity contribution in [2.45, 2.75) is 52.1 Å². The molecule has 0 unspecified atom stereocenters. The molecule has 1 aromatic heterocycles. The molecule has 0 spiro atoms. The fourth-order valence-corrected chi connectivity index (χ4v) is 3.16. The van der Waals surface area contributed by atoms with Gasteiger partial charge in [0, 0.05) is 18.8 Å². The van der Waals surface area contributed by atoms with E-state index in [-0.39, 0.29) is 11.6 Å². The normalized spacial score (nSPS) is 10.9. The average Bonchev–Trinajstić information content (AvgIpc) is 2.64. The van der Waals surface area contributed by atoms with Gasteiger partial charge in [0.05, 0.1) is 10.0 Å². The van der Waals surface area contributed by atoms with E-state index in [2.05, 4.69) is 34.4 Å². The fraction of sp³-hybridized carbons (Fsp3) is 0.421. The van der Waals surface area contributed by atoms with Crippen molar-refractivity contribution in [3.05, 3.63) is 49.9 Å². The number of nitrogens with zero attached hydrogens (tertiary/aromatic N) is 1. The minimum Gasteiger partial charge on any atom is -0.376 e. The highest BCUT2D eigenvalue weighted by Gasteiger charge is 2.14. The molecule has 6 nitrogen and oxygen atoms in total. The number of H-pyrrole nitrogens is 1. The van der Waals surface area contributed by atoms with Crippen LogP contribution >= 0.6 is 23.2 Å². The van der Waals surface area contributed by atoms with Crippen molar-refractivity contribution in [1.29, 1.82) is 5.41 Å². The molecule has 27 heavy (non-hydrogen) atoms. The van der Waals surface area contributed by atoms with Crippen molar-refractivity contribution in [3.8, 4) is 0 Å². The van der Waals surface area contributed by atoms with Crippen molar-refractivity contribution in [3.63, 3.8) is 0 Å². The molecule has 0 aliphatic rings. The average molecular weight is 410 g/mol. The van der Waals surface area contributed by atoms with Crippen molar-refractivity contribution in [1.82, 2.24) is 9.97 Å². The second-order valence-electron chi connectivity index (χ2n) is 6.34. The van der Waals surface area contributed by atoms with E-state index in [0.29, 0.717) is 33.9 Å². The lowest BCUT2D eigenvalue weighted by Crippen LogP contribution is -2.27. The monoisotopic (exact) mass is 409 g/mol. The van der Waals surface area contributed by atoms with E-state index in [1.54, 1.807) is 12.1 Å². The van der Waals surface area contributed by atoms with Gasteiger partial charge in [-0.3, -0.25) is 9.78 Å². The second kappa shape index (κ2) is 10.3. The van der Waals surface area contributed by atoms with E-state index < -0.39 is 0 Å². The van der Waals surface area contributed by atoms with Gasteiger partial charge in [-0.05, 0) is 30.5 Å². The summed E-state index contributed by atoms with van der Waals surface area (Å²) < 4.78 is 0. The zero-order valence-electron chi connectivity index (χ0n) is 15.5. The molecule has 0 fully saturated rings. The van der Waals surface area contributed by atoms with Gasteiger partial charge < -0.3 is 16.0 Å². The molecule has 4 N–H and O–H groups in total. The molecule has 0 saturated heterocycles. The van der Waals surface area contributed by atoms with E-state index in [1.807, 2.05) is 6.07 Å². The third-order valence-corrected chi connectivity index (χ3v) is 4.89. The largest absolute Gasteiger partial charge is 0.376 e. The van der Waals surface area contributed by atoms with Gasteiger partial charge in [-0.2, -0.15) is 0 Å². The Morgan fingerprint density at radius 2 is 1.93 bits per heavy atom. The van der Waals surface area contributed by atoms with Gasteiger partial charge in [0.1, 0.15) is 11.4 Å². The maximum Gasteiger partial charge on any atom is 0.276 e. The minimum absolute atomic E-state index is 0.191. The van der Waals surface area contributed by atoms with E-state index in [0.717, 1.165) is 37.5 Å². The van der Waals surface area contributed by atoms with Gasteiger partial charge >= 0.3 is 0 Å². The summed E-state index contributed by atoms with van der Waals surface area (Å²) in [5.41, 5.74) is 1.26. The lowest BCUT2D eigenvalue weighted by atomic mass is 10.1. The smallest absolute Gasteiger partial charge is 0.276 e. The summed E-state index contributed by atoms with van der Waals surface area (Å²) in [5, 5.41) is 14.9. The molecule has 0 atom stereocenters. The summed E-state index contributed by atoms with van der Waals surface area (Å²) in [4.78, 5) is 19.6. The topological polar surface area (TPSA) is 93.7 Å². The molecule has 0 saturated carbocycles. The molecule has 1 aromatic carbocycles. The predicted molar refractivity (Wildman–Crippen MR) is 114 cm³/mol. The highest BCUT2D eigenvalue weighted by atomic mass is 35.5. The third-order valence-electron chi connectivity index (χ3n) is 4.15. The van der Waals surface area contributed by atoms with Crippen molar-refractivity contribution >= 4 is 41.1 Å². The van der Waals surface area contributed by atoms with Crippen molar-refractivity contribution < 1.29 is 0 Å². The number of benzene rings is 1. The van der Waals surface area contributed by atoms with E-state index in [9.17, 15) is 4.79 Å². The molecule has 0 bridgehead atoms. The molecule has 0 amide bonds. The van der Waals surface area contributed by atoms with Gasteiger partial charge in [0.2, 0.25) is 5.95 Å². The quantitative estimate of drug-likeness (QED) is 0.412. The summed E-state index contributed by atoms with van der Waals surface area (Å²) in [6.07, 6.45) is 5.05. The Morgan fingerprint density at radius 1 is 1.22 bits per heavy atom. The van der Waals surface area contributed by atoms with Crippen LogP contribution < -0.4 is 16.2 Å². The first-order valence-electron chi connectivity index (χ1n) is 9.07. The predicted octanol–water partition coefficient (Wildman–Crippen LogP) is 5.07. The standard InChI is InChI=1S/C19H25Cl2N5O/c1-3-5-13(6-4-2)24-17-16(10-22)25-19(26-18(17)27)23-11-12-7-8-14(20)15(21)9-12/h7-10,13,22,24H,3-6,11H2,1-2H3,(H2,23,25,26,27). The van der Waals surface area contributed by atoms with Crippen LogP contribution in [0.4, 0.5) is 11.6 Å². The van der Waals surface area contributed by atoms with Crippen LogP contribution in [0, 0.1) is 5.41 Å². The molecule has 146 valence electrons. The van der Waals surface area contributed by atoms with Crippen molar-refractivity contribution in [2.75, 3.05) is 10.6 Å². The second-order valence-corrected chi connectivity index (χ2v) is 7.15. The van der Waals surface area contributed by atoms with E-state index >= 15 is 0 Å². The maximum atomic E-state index is 12.5. The number of halogens is 2. The molecule has 1 heterocycles. The van der Waals surface area contributed by atoms with Gasteiger partial charge in [0.15, 0.2) is 0 Å². The fourth-order valence-electron chi connectivity index (χ4n) is 2.84. The van der Waals surface area contributed by atoms with Crippen LogP contribution in [0.5, 0.6) is 0 Å². The molecular weight excluding hydrogens is 385 g/mol. The van der Waals surface area contributed by atoms with Gasteiger partial charge in [-0.25, -0.2) is 4.98 Å². The number of anilines is 2. The molecule has 0 radical (unpaired) electrons. The molecule has 2 rings (SSSR count). The Bertz CT molecular complexity index is 831. The van der Waals surface area contributed by atoms with Gasteiger partial charge in [0.25, 0.3) is 5.56 Å². The Labute approximate surface area is 169 Å². The Kier molecular flexibility index (Phi) is 8.13. The molecular formula is C19H25Cl2N5O. The zero-order chi connectivity index (χ0) is 19.8. The Hall–Kier alpha value is -2.05. The van der Waals surface area contributed by atoms with Crippen LogP contribution in [0.2, 0.25) is 10.0 Å². The molecule has 8 heteroatoms. The Balaban J connectivity index is 2.17. The highest BCUT2D eigenvalue weighted by molar-refractivity contribution is 6.42. The number of aromatic amines is 1. The first-order chi connectivity index (χ1) is 13.0. The van der Waals surface area contributed by atoms with Crippen molar-refractivity contribution in [2.24, 2.45) is 0 Å². The zero-order valence-corrected chi connectivity index (χ0v) is 17.0. The number of rotatable bonds is 10.